The third kappa shape index (κ3) is 1.84. The first-order valence-electron chi connectivity index (χ1n) is 3.97. The van der Waals surface area contributed by atoms with Gasteiger partial charge in [-0.05, 0) is 0 Å². The molecule has 3 heteroatoms. The Morgan fingerprint density at radius 3 is 3.18 bits per heavy atom. The normalized spacial score (nSPS) is 15.4. The summed E-state index contributed by atoms with van der Waals surface area (Å²) in [6, 6.07) is 0. The molecule has 0 fully saturated rings. The zero-order valence-corrected chi connectivity index (χ0v) is 10.8. The molecular weight excluding hydrogens is 286 g/mol. The Kier molecular flexibility index (Phi) is 2.97. The van der Waals surface area contributed by atoms with Gasteiger partial charge in [0.25, 0.3) is 0 Å². The molecule has 1 aromatic rings. The second kappa shape index (κ2) is 3.81. The molecule has 1 aliphatic carbocycles. The summed E-state index contributed by atoms with van der Waals surface area (Å²) >= 11 is 3.78. The number of hydrogen-bond acceptors (Lipinski definition) is 1. The first-order valence-corrected chi connectivity index (χ1v) is 8.39. The molecule has 0 saturated heterocycles. The Morgan fingerprint density at radius 2 is 2.45 bits per heavy atom. The molecule has 2 rings (SSSR count). The molecule has 0 unspecified atom stereocenters. The van der Waals surface area contributed by atoms with E-state index < -0.39 is 0 Å². The quantitative estimate of drug-likeness (QED) is 0.591. The maximum atomic E-state index is 2.27. The van der Waals surface area contributed by atoms with E-state index in [0.29, 0.717) is 0 Å². The van der Waals surface area contributed by atoms with Gasteiger partial charge in [0, 0.05) is 0 Å². The van der Waals surface area contributed by atoms with Crippen LogP contribution in [-0.4, -0.2) is 34.8 Å². The first-order chi connectivity index (χ1) is 5.40. The van der Waals surface area contributed by atoms with E-state index in [0.717, 1.165) is 29.0 Å². The van der Waals surface area contributed by atoms with E-state index in [4.69, 9.17) is 0 Å². The van der Waals surface area contributed by atoms with Crippen LogP contribution in [0.3, 0.4) is 0 Å². The molecule has 0 aliphatic heterocycles. The fourth-order valence-electron chi connectivity index (χ4n) is 1.30. The summed E-state index contributed by atoms with van der Waals surface area (Å²) in [4.78, 5) is 0. The molecule has 0 radical (unpaired) electrons. The summed E-state index contributed by atoms with van der Waals surface area (Å²) in [5.74, 6) is 1.29. The minimum atomic E-state index is 0.826. The molecule has 11 heavy (non-hydrogen) atoms. The fourth-order valence-corrected chi connectivity index (χ4v) is 11.4. The van der Waals surface area contributed by atoms with Crippen LogP contribution < -0.4 is 0 Å². The van der Waals surface area contributed by atoms with E-state index in [-0.39, 0.29) is 0 Å². The van der Waals surface area contributed by atoms with Gasteiger partial charge in [0.05, 0.1) is 0 Å². The van der Waals surface area contributed by atoms with E-state index in [1.54, 1.807) is 0 Å². The first kappa shape index (κ1) is 8.59. The van der Waals surface area contributed by atoms with Crippen molar-refractivity contribution in [3.63, 3.8) is 0 Å². The SMILES string of the molecule is CCSc1[se]c2c([se+]1)CCC2. The Morgan fingerprint density at radius 1 is 1.55 bits per heavy atom. The molecule has 1 aromatic heterocycles. The van der Waals surface area contributed by atoms with Gasteiger partial charge in [-0.25, -0.2) is 0 Å². The van der Waals surface area contributed by atoms with Crippen molar-refractivity contribution in [2.24, 2.45) is 0 Å². The number of hydrogen-bond donors (Lipinski definition) is 0. The minimum absolute atomic E-state index is 0.826. The predicted molar refractivity (Wildman–Crippen MR) is 53.2 cm³/mol. The maximum absolute atomic E-state index is 2.27. The Balaban J connectivity index is 2.20. The van der Waals surface area contributed by atoms with Gasteiger partial charge in [0.15, 0.2) is 0 Å². The number of aryl methyl sites for hydroxylation is 2. The molecule has 60 valence electrons. The summed E-state index contributed by atoms with van der Waals surface area (Å²) in [6.45, 7) is 2.27. The second-order valence-corrected chi connectivity index (χ2v) is 11.0. The van der Waals surface area contributed by atoms with Crippen molar-refractivity contribution in [2.75, 3.05) is 5.75 Å². The van der Waals surface area contributed by atoms with Crippen LogP contribution >= 0.6 is 11.8 Å². The molecule has 0 spiro atoms. The van der Waals surface area contributed by atoms with Gasteiger partial charge < -0.3 is 0 Å². The third-order valence-electron chi connectivity index (χ3n) is 1.79. The monoisotopic (exact) mass is 299 g/mol. The molecule has 0 aromatic carbocycles. The van der Waals surface area contributed by atoms with Gasteiger partial charge in [-0.1, -0.05) is 0 Å². The van der Waals surface area contributed by atoms with Crippen LogP contribution in [-0.2, 0) is 12.8 Å². The van der Waals surface area contributed by atoms with Gasteiger partial charge >= 0.3 is 84.2 Å². The molecule has 0 bridgehead atoms. The summed E-state index contributed by atoms with van der Waals surface area (Å²) < 4.78 is 5.62. The number of rotatable bonds is 2. The van der Waals surface area contributed by atoms with Gasteiger partial charge in [-0.3, -0.25) is 0 Å². The molecular formula is C8H11SSe2+. The Bertz CT molecular complexity index is 233. The van der Waals surface area contributed by atoms with Crippen LogP contribution in [0.1, 0.15) is 22.2 Å². The fraction of sp³-hybridized carbons (Fsp3) is 0.625. The third-order valence-corrected chi connectivity index (χ3v) is 10.8. The van der Waals surface area contributed by atoms with Crippen molar-refractivity contribution in [3.05, 3.63) is 8.87 Å². The average molecular weight is 297 g/mol. The van der Waals surface area contributed by atoms with Gasteiger partial charge in [0.2, 0.25) is 0 Å². The molecule has 0 N–H and O–H groups in total. The van der Waals surface area contributed by atoms with Gasteiger partial charge in [0.1, 0.15) is 0 Å². The van der Waals surface area contributed by atoms with Crippen LogP contribution in [0.25, 0.3) is 0 Å². The van der Waals surface area contributed by atoms with Crippen LogP contribution in [0.2, 0.25) is 0 Å². The topological polar surface area (TPSA) is 0 Å². The van der Waals surface area contributed by atoms with Crippen molar-refractivity contribution in [1.29, 1.82) is 0 Å². The van der Waals surface area contributed by atoms with E-state index in [9.17, 15) is 0 Å². The van der Waals surface area contributed by atoms with Crippen molar-refractivity contribution in [2.45, 2.75) is 28.8 Å². The van der Waals surface area contributed by atoms with E-state index in [1.165, 1.54) is 25.0 Å². The molecule has 0 saturated carbocycles. The van der Waals surface area contributed by atoms with Gasteiger partial charge in [-0.15, -0.1) is 0 Å². The van der Waals surface area contributed by atoms with Gasteiger partial charge in [-0.2, -0.15) is 0 Å². The Hall–Kier alpha value is 0.999. The molecule has 0 nitrogen and oxygen atoms in total. The van der Waals surface area contributed by atoms with E-state index >= 15 is 0 Å². The average Bonchev–Trinajstić information content (AvgIpc) is 2.46. The molecule has 1 aliphatic rings. The van der Waals surface area contributed by atoms with E-state index in [1.807, 2.05) is 11.5 Å². The van der Waals surface area contributed by atoms with Crippen molar-refractivity contribution in [1.82, 2.24) is 0 Å². The predicted octanol–water partition coefficient (Wildman–Crippen LogP) is 1.68. The second-order valence-electron chi connectivity index (χ2n) is 2.59. The standard InChI is InChI=1S/C8H11SSe2/c1-2-9-8-10-6-4-3-5-7(6)11-8/h2-5H2,1H3/q+1. The molecule has 1 heterocycles. The zero-order valence-electron chi connectivity index (χ0n) is 6.55. The Labute approximate surface area is 83.9 Å². The summed E-state index contributed by atoms with van der Waals surface area (Å²) in [6.07, 6.45) is 4.37. The zero-order chi connectivity index (χ0) is 7.68. The summed E-state index contributed by atoms with van der Waals surface area (Å²) in [5.41, 5.74) is 0. The van der Waals surface area contributed by atoms with E-state index in [2.05, 4.69) is 18.7 Å². The summed E-state index contributed by atoms with van der Waals surface area (Å²) in [7, 11) is 0. The molecule has 0 amide bonds. The number of fused-ring (bicyclic) bond motifs is 1. The van der Waals surface area contributed by atoms with Crippen molar-refractivity contribution < 1.29 is 0 Å². The van der Waals surface area contributed by atoms with Crippen molar-refractivity contribution in [3.8, 4) is 0 Å². The van der Waals surface area contributed by atoms with Crippen LogP contribution in [0.4, 0.5) is 0 Å². The van der Waals surface area contributed by atoms with Crippen LogP contribution in [0.15, 0.2) is 2.64 Å². The van der Waals surface area contributed by atoms with Crippen LogP contribution in [0.5, 0.6) is 0 Å². The van der Waals surface area contributed by atoms with Crippen LogP contribution in [0, 0.1) is 0 Å². The number of thioether (sulfide) groups is 1. The summed E-state index contributed by atoms with van der Waals surface area (Å²) in [5, 5.41) is 0. The van der Waals surface area contributed by atoms with Crippen molar-refractivity contribution >= 4 is 40.8 Å². The molecule has 0 atom stereocenters.